The number of carbonyl (C=O) groups is 1. The normalized spacial score (nSPS) is 10.6. The summed E-state index contributed by atoms with van der Waals surface area (Å²) in [5, 5.41) is 11.3. The van der Waals surface area contributed by atoms with Gasteiger partial charge in [0.15, 0.2) is 0 Å². The summed E-state index contributed by atoms with van der Waals surface area (Å²) in [7, 11) is 1.59. The monoisotopic (exact) mass is 458 g/mol. The van der Waals surface area contributed by atoms with E-state index in [9.17, 15) is 14.4 Å². The van der Waals surface area contributed by atoms with Crippen LogP contribution in [0.5, 0.6) is 5.75 Å². The highest BCUT2D eigenvalue weighted by atomic mass is 16.5. The number of carbonyl (C=O) groups excluding carboxylic acids is 1. The van der Waals surface area contributed by atoms with Crippen LogP contribution in [0.15, 0.2) is 82.6 Å². The number of rotatable bonds is 8. The molecule has 0 fully saturated rings. The van der Waals surface area contributed by atoms with Crippen LogP contribution in [-0.4, -0.2) is 44.1 Å². The molecule has 4 aromatic rings. The summed E-state index contributed by atoms with van der Waals surface area (Å²) in [5.74, 6) is 0.320. The summed E-state index contributed by atoms with van der Waals surface area (Å²) >= 11 is 0. The summed E-state index contributed by atoms with van der Waals surface area (Å²) in [6, 6.07) is 16.9. The predicted octanol–water partition coefficient (Wildman–Crippen LogP) is 1.35. The number of amides is 1. The first kappa shape index (κ1) is 22.6. The maximum Gasteiger partial charge on any atom is 0.267 e. The minimum Gasteiger partial charge on any atom is -0.497 e. The van der Waals surface area contributed by atoms with Gasteiger partial charge < -0.3 is 10.1 Å². The summed E-state index contributed by atoms with van der Waals surface area (Å²) < 4.78 is 7.54. The lowest BCUT2D eigenvalue weighted by molar-refractivity contribution is -0.121. The van der Waals surface area contributed by atoms with Crippen molar-refractivity contribution in [3.8, 4) is 28.3 Å². The summed E-state index contributed by atoms with van der Waals surface area (Å²) in [6.07, 6.45) is 3.25. The maximum atomic E-state index is 12.4. The largest absolute Gasteiger partial charge is 0.497 e. The first-order valence-corrected chi connectivity index (χ1v) is 10.5. The van der Waals surface area contributed by atoms with Gasteiger partial charge in [-0.1, -0.05) is 0 Å². The van der Waals surface area contributed by atoms with Gasteiger partial charge in [0.2, 0.25) is 5.91 Å². The van der Waals surface area contributed by atoms with Crippen LogP contribution in [-0.2, 0) is 17.9 Å². The third-order valence-electron chi connectivity index (χ3n) is 5.03. The average molecular weight is 458 g/mol. The molecule has 172 valence electrons. The number of pyridine rings is 1. The molecule has 4 rings (SSSR count). The number of benzene rings is 1. The lowest BCUT2D eigenvalue weighted by Gasteiger charge is -2.10. The number of hydrogen-bond acceptors (Lipinski definition) is 7. The summed E-state index contributed by atoms with van der Waals surface area (Å²) in [4.78, 5) is 40.7. The number of hydrogen-bond donors (Lipinski definition) is 1. The van der Waals surface area contributed by atoms with E-state index in [4.69, 9.17) is 4.74 Å². The van der Waals surface area contributed by atoms with Crippen LogP contribution in [0.4, 0.5) is 0 Å². The van der Waals surface area contributed by atoms with E-state index >= 15 is 0 Å². The Balaban J connectivity index is 1.39. The van der Waals surface area contributed by atoms with Gasteiger partial charge in [-0.25, -0.2) is 9.36 Å². The fourth-order valence-electron chi connectivity index (χ4n) is 3.26. The highest BCUT2D eigenvalue weighted by Crippen LogP contribution is 2.19. The zero-order chi connectivity index (χ0) is 23.9. The van der Waals surface area contributed by atoms with Crippen LogP contribution < -0.4 is 21.2 Å². The van der Waals surface area contributed by atoms with E-state index in [0.717, 1.165) is 21.6 Å². The molecule has 3 heterocycles. The van der Waals surface area contributed by atoms with Gasteiger partial charge in [0.25, 0.3) is 11.1 Å². The van der Waals surface area contributed by atoms with Crippen LogP contribution in [0.2, 0.25) is 0 Å². The summed E-state index contributed by atoms with van der Waals surface area (Å²) in [6.45, 7) is 0.0938. The Hall–Kier alpha value is -4.60. The molecule has 10 heteroatoms. The van der Waals surface area contributed by atoms with E-state index in [0.29, 0.717) is 11.4 Å². The summed E-state index contributed by atoms with van der Waals surface area (Å²) in [5.41, 5.74) is 2.12. The first-order chi connectivity index (χ1) is 16.5. The molecule has 0 aliphatic carbocycles. The van der Waals surface area contributed by atoms with Crippen LogP contribution in [0.1, 0.15) is 0 Å². The van der Waals surface area contributed by atoms with Crippen molar-refractivity contribution in [2.24, 2.45) is 0 Å². The van der Waals surface area contributed by atoms with Crippen molar-refractivity contribution in [1.29, 1.82) is 0 Å². The van der Waals surface area contributed by atoms with Gasteiger partial charge in [0.05, 0.1) is 25.0 Å². The number of ether oxygens (including phenoxy) is 1. The molecule has 10 nitrogen and oxygen atoms in total. The van der Waals surface area contributed by atoms with Crippen LogP contribution in [0.25, 0.3) is 22.5 Å². The van der Waals surface area contributed by atoms with E-state index < -0.39 is 11.5 Å². The minimum atomic E-state index is -0.402. The molecule has 0 spiro atoms. The Labute approximate surface area is 194 Å². The zero-order valence-corrected chi connectivity index (χ0v) is 18.4. The molecular formula is C24H22N6O4. The van der Waals surface area contributed by atoms with E-state index in [-0.39, 0.29) is 25.2 Å². The van der Waals surface area contributed by atoms with Gasteiger partial charge in [0.1, 0.15) is 12.3 Å². The van der Waals surface area contributed by atoms with Gasteiger partial charge in [-0.05, 0) is 48.5 Å². The van der Waals surface area contributed by atoms with Gasteiger partial charge in [-0.15, -0.1) is 0 Å². The predicted molar refractivity (Wildman–Crippen MR) is 125 cm³/mol. The SMILES string of the molecule is COc1ccc(-c2ccc(=O)n(CCNC(=O)Cn3nc(-c4ccncc4)ccc3=O)n2)cc1. The molecule has 3 aromatic heterocycles. The van der Waals surface area contributed by atoms with Crippen molar-refractivity contribution in [2.75, 3.05) is 13.7 Å². The molecule has 1 N–H and O–H groups in total. The fourth-order valence-corrected chi connectivity index (χ4v) is 3.26. The third-order valence-corrected chi connectivity index (χ3v) is 5.03. The van der Waals surface area contributed by atoms with Crippen molar-refractivity contribution >= 4 is 5.91 Å². The lowest BCUT2D eigenvalue weighted by Crippen LogP contribution is -2.36. The minimum absolute atomic E-state index is 0.163. The van der Waals surface area contributed by atoms with Gasteiger partial charge >= 0.3 is 0 Å². The van der Waals surface area contributed by atoms with Crippen LogP contribution in [0.3, 0.4) is 0 Å². The quantitative estimate of drug-likeness (QED) is 0.423. The Morgan fingerprint density at radius 3 is 2.06 bits per heavy atom. The van der Waals surface area contributed by atoms with Crippen LogP contribution >= 0.6 is 0 Å². The third kappa shape index (κ3) is 5.41. The molecule has 0 saturated carbocycles. The van der Waals surface area contributed by atoms with Crippen molar-refractivity contribution in [2.45, 2.75) is 13.1 Å². The van der Waals surface area contributed by atoms with Crippen molar-refractivity contribution in [3.05, 3.63) is 93.8 Å². The molecule has 0 unspecified atom stereocenters. The van der Waals surface area contributed by atoms with E-state index in [1.807, 2.05) is 24.3 Å². The zero-order valence-electron chi connectivity index (χ0n) is 18.4. The second-order valence-electron chi connectivity index (χ2n) is 7.31. The molecule has 0 atom stereocenters. The lowest BCUT2D eigenvalue weighted by atomic mass is 10.1. The Bertz CT molecular complexity index is 1400. The van der Waals surface area contributed by atoms with Crippen molar-refractivity contribution in [1.82, 2.24) is 29.9 Å². The molecule has 0 saturated heterocycles. The molecule has 0 aliphatic heterocycles. The Morgan fingerprint density at radius 1 is 0.824 bits per heavy atom. The number of aromatic nitrogens is 5. The molecule has 0 radical (unpaired) electrons. The standard InChI is InChI=1S/C24H22N6O4/c1-34-19-4-2-17(3-5-19)20-6-8-23(32)29(27-20)15-14-26-22(31)16-30-24(33)9-7-21(28-30)18-10-12-25-13-11-18/h2-13H,14-16H2,1H3,(H,26,31). The molecular weight excluding hydrogens is 436 g/mol. The number of methoxy groups -OCH3 is 1. The second kappa shape index (κ2) is 10.3. The Morgan fingerprint density at radius 2 is 1.41 bits per heavy atom. The second-order valence-corrected chi connectivity index (χ2v) is 7.31. The maximum absolute atomic E-state index is 12.4. The topological polar surface area (TPSA) is 121 Å². The van der Waals surface area contributed by atoms with Gasteiger partial charge in [0, 0.05) is 42.2 Å². The highest BCUT2D eigenvalue weighted by Gasteiger charge is 2.09. The molecule has 1 aromatic carbocycles. The Kier molecular flexibility index (Phi) is 6.87. The van der Waals surface area contributed by atoms with Crippen molar-refractivity contribution < 1.29 is 9.53 Å². The fraction of sp³-hybridized carbons (Fsp3) is 0.167. The first-order valence-electron chi connectivity index (χ1n) is 10.5. The van der Waals surface area contributed by atoms with E-state index in [2.05, 4.69) is 20.5 Å². The van der Waals surface area contributed by atoms with Gasteiger partial charge in [-0.2, -0.15) is 10.2 Å². The number of nitrogens with zero attached hydrogens (tertiary/aromatic N) is 5. The molecule has 0 bridgehead atoms. The highest BCUT2D eigenvalue weighted by molar-refractivity contribution is 5.75. The molecule has 0 aliphatic rings. The van der Waals surface area contributed by atoms with E-state index in [1.54, 1.807) is 43.8 Å². The van der Waals surface area contributed by atoms with Crippen LogP contribution in [0, 0.1) is 0 Å². The molecule has 34 heavy (non-hydrogen) atoms. The number of nitrogens with one attached hydrogen (secondary N) is 1. The van der Waals surface area contributed by atoms with Gasteiger partial charge in [-0.3, -0.25) is 19.4 Å². The van der Waals surface area contributed by atoms with E-state index in [1.165, 1.54) is 16.8 Å². The van der Waals surface area contributed by atoms with Crippen molar-refractivity contribution in [3.63, 3.8) is 0 Å². The average Bonchev–Trinajstić information content (AvgIpc) is 2.87. The molecule has 1 amide bonds. The smallest absolute Gasteiger partial charge is 0.267 e.